The Morgan fingerprint density at radius 2 is 2.24 bits per heavy atom. The van der Waals surface area contributed by atoms with Crippen LogP contribution in [0.25, 0.3) is 0 Å². The minimum atomic E-state index is -3.00. The van der Waals surface area contributed by atoms with Crippen molar-refractivity contribution in [2.75, 3.05) is 7.11 Å². The molecular formula is C10H9ClF3NO2. The van der Waals surface area contributed by atoms with E-state index in [-0.39, 0.29) is 23.7 Å². The number of esters is 1. The van der Waals surface area contributed by atoms with Gasteiger partial charge in [0.15, 0.2) is 0 Å². The lowest BCUT2D eigenvalue weighted by molar-refractivity contribution is -0.139. The molecule has 0 amide bonds. The van der Waals surface area contributed by atoms with Gasteiger partial charge in [-0.3, -0.25) is 9.78 Å². The highest BCUT2D eigenvalue weighted by atomic mass is 35.5. The number of alkyl halides is 3. The van der Waals surface area contributed by atoms with E-state index in [0.29, 0.717) is 0 Å². The van der Waals surface area contributed by atoms with Crippen LogP contribution in [0.4, 0.5) is 13.2 Å². The topological polar surface area (TPSA) is 39.2 Å². The average Bonchev–Trinajstić information content (AvgIpc) is 2.27. The summed E-state index contributed by atoms with van der Waals surface area (Å²) in [6.45, 7) is 0. The number of hydrogen-bond acceptors (Lipinski definition) is 3. The summed E-state index contributed by atoms with van der Waals surface area (Å²) < 4.78 is 42.7. The number of carbonyl (C=O) groups is 1. The lowest BCUT2D eigenvalue weighted by atomic mass is 10.1. The third kappa shape index (κ3) is 3.33. The Morgan fingerprint density at radius 3 is 2.71 bits per heavy atom. The molecule has 3 nitrogen and oxygen atoms in total. The highest BCUT2D eigenvalue weighted by Gasteiger charge is 2.21. The largest absolute Gasteiger partial charge is 0.469 e. The third-order valence-corrected chi connectivity index (χ3v) is 2.29. The van der Waals surface area contributed by atoms with E-state index >= 15 is 0 Å². The molecule has 1 heterocycles. The van der Waals surface area contributed by atoms with Crippen molar-refractivity contribution in [3.8, 4) is 0 Å². The van der Waals surface area contributed by atoms with Gasteiger partial charge in [0.2, 0.25) is 0 Å². The predicted octanol–water partition coefficient (Wildman–Crippen LogP) is 2.61. The zero-order valence-corrected chi connectivity index (χ0v) is 9.60. The minimum Gasteiger partial charge on any atom is -0.469 e. The Labute approximate surface area is 101 Å². The van der Waals surface area contributed by atoms with E-state index in [4.69, 9.17) is 11.6 Å². The highest BCUT2D eigenvalue weighted by molar-refractivity contribution is 6.17. The Kier molecular flexibility index (Phi) is 4.74. The van der Waals surface area contributed by atoms with E-state index in [2.05, 4.69) is 9.72 Å². The van der Waals surface area contributed by atoms with Gasteiger partial charge in [0.25, 0.3) is 6.43 Å². The molecule has 17 heavy (non-hydrogen) atoms. The van der Waals surface area contributed by atoms with Crippen molar-refractivity contribution in [1.29, 1.82) is 0 Å². The first kappa shape index (κ1) is 13.8. The monoisotopic (exact) mass is 267 g/mol. The van der Waals surface area contributed by atoms with Crippen molar-refractivity contribution in [1.82, 2.24) is 4.98 Å². The van der Waals surface area contributed by atoms with E-state index in [0.717, 1.165) is 13.2 Å². The SMILES string of the molecule is COC(=O)Cc1cc(F)c(C(F)F)c(CCl)n1. The minimum absolute atomic E-state index is 0.00870. The summed E-state index contributed by atoms with van der Waals surface area (Å²) in [6.07, 6.45) is -3.29. The Balaban J connectivity index is 3.13. The molecule has 94 valence electrons. The molecule has 0 radical (unpaired) electrons. The Morgan fingerprint density at radius 1 is 1.59 bits per heavy atom. The van der Waals surface area contributed by atoms with Crippen molar-refractivity contribution >= 4 is 17.6 Å². The van der Waals surface area contributed by atoms with Crippen LogP contribution < -0.4 is 0 Å². The second-order valence-electron chi connectivity index (χ2n) is 3.14. The van der Waals surface area contributed by atoms with Gasteiger partial charge in [-0.15, -0.1) is 11.6 Å². The number of pyridine rings is 1. The van der Waals surface area contributed by atoms with Gasteiger partial charge in [-0.25, -0.2) is 13.2 Å². The summed E-state index contributed by atoms with van der Waals surface area (Å²) in [5.41, 5.74) is -1.08. The molecule has 0 N–H and O–H groups in total. The maximum absolute atomic E-state index is 13.4. The quantitative estimate of drug-likeness (QED) is 0.622. The molecule has 0 saturated heterocycles. The smallest absolute Gasteiger partial charge is 0.311 e. The van der Waals surface area contributed by atoms with Crippen molar-refractivity contribution in [2.45, 2.75) is 18.7 Å². The molecule has 0 aliphatic rings. The van der Waals surface area contributed by atoms with Gasteiger partial charge in [-0.05, 0) is 6.07 Å². The maximum Gasteiger partial charge on any atom is 0.311 e. The molecule has 1 aromatic rings. The van der Waals surface area contributed by atoms with Gasteiger partial charge >= 0.3 is 5.97 Å². The van der Waals surface area contributed by atoms with E-state index in [1.54, 1.807) is 0 Å². The van der Waals surface area contributed by atoms with Gasteiger partial charge in [-0.2, -0.15) is 0 Å². The zero-order chi connectivity index (χ0) is 13.0. The molecule has 0 aliphatic carbocycles. The number of ether oxygens (including phenoxy) is 1. The second kappa shape index (κ2) is 5.86. The number of halogens is 4. The Bertz CT molecular complexity index is 426. The number of nitrogens with zero attached hydrogens (tertiary/aromatic N) is 1. The lowest BCUT2D eigenvalue weighted by Crippen LogP contribution is -2.10. The predicted molar refractivity (Wildman–Crippen MR) is 54.4 cm³/mol. The summed E-state index contributed by atoms with van der Waals surface area (Å²) >= 11 is 5.41. The molecule has 0 unspecified atom stereocenters. The molecule has 0 saturated carbocycles. The zero-order valence-electron chi connectivity index (χ0n) is 8.84. The number of aromatic nitrogens is 1. The normalized spacial score (nSPS) is 10.7. The fourth-order valence-electron chi connectivity index (χ4n) is 1.27. The first-order chi connectivity index (χ1) is 7.99. The second-order valence-corrected chi connectivity index (χ2v) is 3.41. The van der Waals surface area contributed by atoms with Crippen LogP contribution in [0.2, 0.25) is 0 Å². The van der Waals surface area contributed by atoms with Crippen LogP contribution >= 0.6 is 11.6 Å². The van der Waals surface area contributed by atoms with E-state index in [9.17, 15) is 18.0 Å². The molecule has 0 aromatic carbocycles. The molecule has 7 heteroatoms. The van der Waals surface area contributed by atoms with E-state index in [1.807, 2.05) is 0 Å². The van der Waals surface area contributed by atoms with Gasteiger partial charge in [0, 0.05) is 0 Å². The van der Waals surface area contributed by atoms with Crippen LogP contribution in [0.3, 0.4) is 0 Å². The first-order valence-corrected chi connectivity index (χ1v) is 5.12. The van der Waals surface area contributed by atoms with Crippen molar-refractivity contribution in [3.05, 3.63) is 28.8 Å². The number of methoxy groups -OCH3 is 1. The molecule has 0 fully saturated rings. The molecule has 0 bridgehead atoms. The fraction of sp³-hybridized carbons (Fsp3) is 0.400. The van der Waals surface area contributed by atoms with Crippen LogP contribution in [0.5, 0.6) is 0 Å². The number of carbonyl (C=O) groups excluding carboxylic acids is 1. The van der Waals surface area contributed by atoms with Crippen LogP contribution in [-0.4, -0.2) is 18.1 Å². The third-order valence-electron chi connectivity index (χ3n) is 2.04. The number of hydrogen-bond donors (Lipinski definition) is 0. The summed E-state index contributed by atoms with van der Waals surface area (Å²) in [5, 5.41) is 0. The van der Waals surface area contributed by atoms with E-state index < -0.39 is 23.8 Å². The Hall–Kier alpha value is -1.30. The summed E-state index contributed by atoms with van der Waals surface area (Å²) in [5.74, 6) is -2.11. The van der Waals surface area contributed by atoms with Crippen LogP contribution in [0.15, 0.2) is 6.07 Å². The van der Waals surface area contributed by atoms with Gasteiger partial charge in [0.05, 0.1) is 36.4 Å². The van der Waals surface area contributed by atoms with Crippen LogP contribution in [0, 0.1) is 5.82 Å². The van der Waals surface area contributed by atoms with Crippen molar-refractivity contribution in [3.63, 3.8) is 0 Å². The highest BCUT2D eigenvalue weighted by Crippen LogP contribution is 2.26. The molecule has 1 aromatic heterocycles. The maximum atomic E-state index is 13.4. The van der Waals surface area contributed by atoms with Gasteiger partial charge < -0.3 is 4.74 Å². The van der Waals surface area contributed by atoms with Gasteiger partial charge in [0.1, 0.15) is 5.82 Å². The average molecular weight is 268 g/mol. The van der Waals surface area contributed by atoms with Crippen molar-refractivity contribution < 1.29 is 22.7 Å². The summed E-state index contributed by atoms with van der Waals surface area (Å²) in [4.78, 5) is 14.7. The molecule has 0 aliphatic heterocycles. The molecular weight excluding hydrogens is 259 g/mol. The van der Waals surface area contributed by atoms with Crippen LogP contribution in [-0.2, 0) is 21.8 Å². The fourth-order valence-corrected chi connectivity index (χ4v) is 1.47. The molecule has 0 spiro atoms. The summed E-state index contributed by atoms with van der Waals surface area (Å²) in [7, 11) is 1.16. The van der Waals surface area contributed by atoms with Crippen molar-refractivity contribution in [2.24, 2.45) is 0 Å². The van der Waals surface area contributed by atoms with Gasteiger partial charge in [-0.1, -0.05) is 0 Å². The standard InChI is InChI=1S/C10H9ClF3NO2/c1-17-8(16)3-5-2-6(12)9(10(13)14)7(4-11)15-5/h2,10H,3-4H2,1H3. The van der Waals surface area contributed by atoms with Crippen LogP contribution in [0.1, 0.15) is 23.4 Å². The molecule has 1 rings (SSSR count). The number of rotatable bonds is 4. The lowest BCUT2D eigenvalue weighted by Gasteiger charge is -2.09. The molecule has 0 atom stereocenters. The summed E-state index contributed by atoms with van der Waals surface area (Å²) in [6, 6.07) is 0.786. The first-order valence-electron chi connectivity index (χ1n) is 4.58. The van der Waals surface area contributed by atoms with E-state index in [1.165, 1.54) is 0 Å².